The average molecular weight is 303 g/mol. The minimum atomic E-state index is -1.02. The first-order valence-electron chi connectivity index (χ1n) is 7.18. The summed E-state index contributed by atoms with van der Waals surface area (Å²) < 4.78 is 3.43. The number of carboxylic acids is 1. The van der Waals surface area contributed by atoms with Crippen LogP contribution in [-0.2, 0) is 18.3 Å². The van der Waals surface area contributed by atoms with Gasteiger partial charge in [0.1, 0.15) is 6.04 Å². The Bertz CT molecular complexity index is 726. The summed E-state index contributed by atoms with van der Waals surface area (Å²) in [6.45, 7) is 4.07. The van der Waals surface area contributed by atoms with Crippen molar-refractivity contribution < 1.29 is 9.90 Å². The van der Waals surface area contributed by atoms with Crippen LogP contribution >= 0.6 is 0 Å². The van der Waals surface area contributed by atoms with Crippen LogP contribution in [-0.4, -0.2) is 26.5 Å². The van der Waals surface area contributed by atoms with Crippen LogP contribution in [0.25, 0.3) is 5.69 Å². The molecule has 22 heavy (non-hydrogen) atoms. The van der Waals surface area contributed by atoms with Gasteiger partial charge in [-0.2, -0.15) is 0 Å². The zero-order chi connectivity index (χ0) is 16.4. The maximum absolute atomic E-state index is 12.2. The van der Waals surface area contributed by atoms with Crippen molar-refractivity contribution in [2.24, 2.45) is 12.8 Å². The molecule has 118 valence electrons. The third kappa shape index (κ3) is 3.12. The molecule has 6 heteroatoms. The predicted molar refractivity (Wildman–Crippen MR) is 84.4 cm³/mol. The molecular weight excluding hydrogens is 282 g/mol. The molecule has 0 saturated heterocycles. The van der Waals surface area contributed by atoms with Gasteiger partial charge in [-0.15, -0.1) is 0 Å². The van der Waals surface area contributed by atoms with Gasteiger partial charge in [-0.3, -0.25) is 14.3 Å². The van der Waals surface area contributed by atoms with Gasteiger partial charge in [0.2, 0.25) is 0 Å². The first-order valence-corrected chi connectivity index (χ1v) is 7.18. The third-order valence-electron chi connectivity index (χ3n) is 3.70. The monoisotopic (exact) mass is 303 g/mol. The fourth-order valence-electron chi connectivity index (χ4n) is 2.50. The van der Waals surface area contributed by atoms with Gasteiger partial charge in [0, 0.05) is 18.8 Å². The Morgan fingerprint density at radius 2 is 1.86 bits per heavy atom. The van der Waals surface area contributed by atoms with E-state index in [1.54, 1.807) is 35.0 Å². The molecule has 0 bridgehead atoms. The summed E-state index contributed by atoms with van der Waals surface area (Å²) in [5, 5.41) is 8.83. The number of aromatic nitrogens is 2. The van der Waals surface area contributed by atoms with Gasteiger partial charge in [-0.05, 0) is 30.0 Å². The summed E-state index contributed by atoms with van der Waals surface area (Å²) >= 11 is 0. The van der Waals surface area contributed by atoms with Crippen molar-refractivity contribution in [1.82, 2.24) is 9.36 Å². The van der Waals surface area contributed by atoms with Crippen LogP contribution < -0.4 is 11.3 Å². The number of benzene rings is 1. The molecule has 1 aromatic heterocycles. The highest BCUT2D eigenvalue weighted by Crippen LogP contribution is 2.15. The highest BCUT2D eigenvalue weighted by molar-refractivity contribution is 5.73. The van der Waals surface area contributed by atoms with E-state index in [9.17, 15) is 9.59 Å². The summed E-state index contributed by atoms with van der Waals surface area (Å²) in [7, 11) is 1.85. The van der Waals surface area contributed by atoms with Crippen LogP contribution in [0, 0.1) is 0 Å². The Kier molecular flexibility index (Phi) is 4.51. The number of nitrogens with zero attached hydrogens (tertiary/aromatic N) is 2. The molecule has 0 spiro atoms. The predicted octanol–water partition coefficient (Wildman–Crippen LogP) is 1.25. The lowest BCUT2D eigenvalue weighted by molar-refractivity contribution is -0.138. The molecule has 0 amide bonds. The van der Waals surface area contributed by atoms with Crippen LogP contribution in [0.2, 0.25) is 0 Å². The molecule has 1 aromatic carbocycles. The zero-order valence-electron chi connectivity index (χ0n) is 13.0. The van der Waals surface area contributed by atoms with Crippen LogP contribution in [0.1, 0.15) is 31.0 Å². The van der Waals surface area contributed by atoms with Gasteiger partial charge in [0.25, 0.3) is 5.56 Å². The van der Waals surface area contributed by atoms with E-state index in [2.05, 4.69) is 0 Å². The van der Waals surface area contributed by atoms with E-state index in [1.165, 1.54) is 0 Å². The molecule has 0 radical (unpaired) electrons. The van der Waals surface area contributed by atoms with Gasteiger partial charge in [0.15, 0.2) is 0 Å². The van der Waals surface area contributed by atoms with E-state index in [0.29, 0.717) is 0 Å². The summed E-state index contributed by atoms with van der Waals surface area (Å²) in [6, 6.07) is 7.92. The van der Waals surface area contributed by atoms with Crippen molar-refractivity contribution in [3.8, 4) is 5.69 Å². The molecular formula is C16H21N3O3. The van der Waals surface area contributed by atoms with E-state index < -0.39 is 12.0 Å². The molecule has 0 fully saturated rings. The van der Waals surface area contributed by atoms with Gasteiger partial charge in [0.05, 0.1) is 5.69 Å². The number of carbonyl (C=O) groups is 1. The molecule has 0 saturated carbocycles. The molecule has 0 aliphatic heterocycles. The molecule has 0 aliphatic carbocycles. The molecule has 3 N–H and O–H groups in total. The quantitative estimate of drug-likeness (QED) is 0.870. The lowest BCUT2D eigenvalue weighted by Crippen LogP contribution is -2.32. The van der Waals surface area contributed by atoms with Crippen molar-refractivity contribution in [1.29, 1.82) is 0 Å². The van der Waals surface area contributed by atoms with E-state index in [-0.39, 0.29) is 17.9 Å². The topological polar surface area (TPSA) is 90.2 Å². The Hall–Kier alpha value is -2.34. The van der Waals surface area contributed by atoms with Crippen molar-refractivity contribution in [3.63, 3.8) is 0 Å². The molecule has 2 rings (SSSR count). The van der Waals surface area contributed by atoms with E-state index in [1.807, 2.05) is 25.6 Å². The SMILES string of the molecule is CC(C)c1cc(=O)n(-c2ccc(C[C@H](N)C(=O)O)cc2)n1C. The van der Waals surface area contributed by atoms with Crippen LogP contribution in [0.15, 0.2) is 35.1 Å². The third-order valence-corrected chi connectivity index (χ3v) is 3.70. The first kappa shape index (κ1) is 16.0. The Morgan fingerprint density at radius 3 is 2.32 bits per heavy atom. The normalized spacial score (nSPS) is 12.6. The zero-order valence-corrected chi connectivity index (χ0v) is 13.0. The number of aliphatic carboxylic acids is 1. The summed E-state index contributed by atoms with van der Waals surface area (Å²) in [6.07, 6.45) is 0.259. The fraction of sp³-hybridized carbons (Fsp3) is 0.375. The van der Waals surface area contributed by atoms with Crippen molar-refractivity contribution in [2.75, 3.05) is 0 Å². The van der Waals surface area contributed by atoms with Gasteiger partial charge >= 0.3 is 5.97 Å². The fourth-order valence-corrected chi connectivity index (χ4v) is 2.50. The standard InChI is InChI=1S/C16H21N3O3/c1-10(2)14-9-15(20)19(18(14)3)12-6-4-11(5-7-12)8-13(17)16(21)22/h4-7,9-10,13H,8,17H2,1-3H3,(H,21,22)/t13-/m0/s1. The average Bonchev–Trinajstić information content (AvgIpc) is 2.75. The van der Waals surface area contributed by atoms with Crippen LogP contribution in [0.4, 0.5) is 0 Å². The lowest BCUT2D eigenvalue weighted by atomic mass is 10.1. The van der Waals surface area contributed by atoms with Crippen LogP contribution in [0.3, 0.4) is 0 Å². The molecule has 6 nitrogen and oxygen atoms in total. The highest BCUT2D eigenvalue weighted by Gasteiger charge is 2.14. The molecule has 0 unspecified atom stereocenters. The Labute approximate surface area is 128 Å². The van der Waals surface area contributed by atoms with Crippen molar-refractivity contribution >= 4 is 5.97 Å². The second-order valence-electron chi connectivity index (χ2n) is 5.71. The van der Waals surface area contributed by atoms with E-state index in [4.69, 9.17) is 10.8 Å². The second-order valence-corrected chi connectivity index (χ2v) is 5.71. The Balaban J connectivity index is 2.32. The summed E-state index contributed by atoms with van der Waals surface area (Å²) in [4.78, 5) is 22.9. The summed E-state index contributed by atoms with van der Waals surface area (Å²) in [5.41, 5.74) is 7.97. The van der Waals surface area contributed by atoms with Crippen LogP contribution in [0.5, 0.6) is 0 Å². The number of carboxylic acid groups (broad SMARTS) is 1. The van der Waals surface area contributed by atoms with Gasteiger partial charge in [-0.25, -0.2) is 4.68 Å². The van der Waals surface area contributed by atoms with Crippen molar-refractivity contribution in [3.05, 3.63) is 51.9 Å². The molecule has 2 aromatic rings. The maximum Gasteiger partial charge on any atom is 0.320 e. The number of hydrogen-bond acceptors (Lipinski definition) is 3. The summed E-state index contributed by atoms with van der Waals surface area (Å²) in [5.74, 6) is -0.768. The Morgan fingerprint density at radius 1 is 1.27 bits per heavy atom. The van der Waals surface area contributed by atoms with Crippen molar-refractivity contribution in [2.45, 2.75) is 32.2 Å². The van der Waals surface area contributed by atoms with Gasteiger partial charge in [-0.1, -0.05) is 26.0 Å². The molecule has 1 heterocycles. The maximum atomic E-state index is 12.2. The largest absolute Gasteiger partial charge is 0.480 e. The number of hydrogen-bond donors (Lipinski definition) is 2. The number of rotatable bonds is 5. The lowest BCUT2D eigenvalue weighted by Gasteiger charge is -2.13. The van der Waals surface area contributed by atoms with Gasteiger partial charge < -0.3 is 10.8 Å². The molecule has 0 aliphatic rings. The first-order chi connectivity index (χ1) is 10.3. The minimum absolute atomic E-state index is 0.0822. The van der Waals surface area contributed by atoms with E-state index in [0.717, 1.165) is 16.9 Å². The smallest absolute Gasteiger partial charge is 0.320 e. The van der Waals surface area contributed by atoms with E-state index >= 15 is 0 Å². The molecule has 1 atom stereocenters. The minimum Gasteiger partial charge on any atom is -0.480 e. The second kappa shape index (κ2) is 6.19. The number of nitrogens with two attached hydrogens (primary N) is 1. The highest BCUT2D eigenvalue weighted by atomic mass is 16.4.